The first-order chi connectivity index (χ1) is 9.24. The molecule has 3 heterocycles. The van der Waals surface area contributed by atoms with Crippen LogP contribution in [0.25, 0.3) is 11.4 Å². The molecule has 19 heavy (non-hydrogen) atoms. The summed E-state index contributed by atoms with van der Waals surface area (Å²) in [6.45, 7) is 2.02. The quantitative estimate of drug-likeness (QED) is 0.760. The van der Waals surface area contributed by atoms with Crippen LogP contribution in [0.2, 0.25) is 0 Å². The van der Waals surface area contributed by atoms with Gasteiger partial charge >= 0.3 is 0 Å². The van der Waals surface area contributed by atoms with E-state index in [-0.39, 0.29) is 6.04 Å². The molecule has 0 radical (unpaired) electrons. The number of imidazole rings is 1. The van der Waals surface area contributed by atoms with Crippen molar-refractivity contribution in [1.29, 1.82) is 0 Å². The molecular weight excluding hydrogens is 262 g/mol. The van der Waals surface area contributed by atoms with Gasteiger partial charge in [-0.3, -0.25) is 0 Å². The molecule has 6 nitrogen and oxygen atoms in total. The third-order valence-electron chi connectivity index (χ3n) is 2.85. The Labute approximate surface area is 113 Å². The Morgan fingerprint density at radius 1 is 1.47 bits per heavy atom. The molecule has 0 bridgehead atoms. The van der Waals surface area contributed by atoms with Crippen molar-refractivity contribution >= 4 is 11.3 Å². The van der Waals surface area contributed by atoms with Crippen LogP contribution in [0, 0.1) is 6.92 Å². The van der Waals surface area contributed by atoms with Crippen molar-refractivity contribution in [3.8, 4) is 11.4 Å². The van der Waals surface area contributed by atoms with E-state index in [4.69, 9.17) is 10.3 Å². The molecule has 0 saturated carbocycles. The first-order valence-corrected chi connectivity index (χ1v) is 6.78. The van der Waals surface area contributed by atoms with Crippen LogP contribution in [0.5, 0.6) is 0 Å². The summed E-state index contributed by atoms with van der Waals surface area (Å²) in [7, 11) is 0. The topological polar surface area (TPSA) is 93.6 Å². The molecule has 0 aliphatic carbocycles. The molecule has 0 spiro atoms. The fourth-order valence-corrected chi connectivity index (χ4v) is 2.63. The van der Waals surface area contributed by atoms with E-state index in [2.05, 4.69) is 25.5 Å². The minimum Gasteiger partial charge on any atom is -0.348 e. The van der Waals surface area contributed by atoms with Crippen molar-refractivity contribution in [3.05, 3.63) is 40.4 Å². The number of nitrogens with two attached hydrogens (primary N) is 1. The third kappa shape index (κ3) is 2.42. The number of nitrogens with zero attached hydrogens (tertiary/aromatic N) is 3. The van der Waals surface area contributed by atoms with E-state index < -0.39 is 0 Å². The van der Waals surface area contributed by atoms with Crippen molar-refractivity contribution < 1.29 is 4.52 Å². The van der Waals surface area contributed by atoms with E-state index >= 15 is 0 Å². The lowest BCUT2D eigenvalue weighted by molar-refractivity contribution is 0.354. The molecule has 98 valence electrons. The molecule has 7 heteroatoms. The highest BCUT2D eigenvalue weighted by Crippen LogP contribution is 2.25. The van der Waals surface area contributed by atoms with Gasteiger partial charge in [-0.05, 0) is 17.9 Å². The summed E-state index contributed by atoms with van der Waals surface area (Å²) in [6, 6.07) is -0.333. The predicted octanol–water partition coefficient (Wildman–Crippen LogP) is 2.07. The molecule has 3 aromatic heterocycles. The molecule has 1 unspecified atom stereocenters. The summed E-state index contributed by atoms with van der Waals surface area (Å²) in [6.07, 6.45) is 3.94. The van der Waals surface area contributed by atoms with E-state index in [1.165, 1.54) is 0 Å². The molecule has 3 N–H and O–H groups in total. The summed E-state index contributed by atoms with van der Waals surface area (Å²) in [5, 5.41) is 8.04. The maximum absolute atomic E-state index is 6.05. The SMILES string of the molecule is Cc1cscc1-c1noc(C(N)Cc2cnc[nH]2)n1. The largest absolute Gasteiger partial charge is 0.348 e. The van der Waals surface area contributed by atoms with Crippen LogP contribution in [-0.2, 0) is 6.42 Å². The molecular formula is C12H13N5OS. The Morgan fingerprint density at radius 3 is 3.05 bits per heavy atom. The highest BCUT2D eigenvalue weighted by Gasteiger charge is 2.17. The number of aryl methyl sites for hydroxylation is 1. The van der Waals surface area contributed by atoms with Gasteiger partial charge in [-0.15, -0.1) is 0 Å². The second kappa shape index (κ2) is 4.94. The van der Waals surface area contributed by atoms with E-state index in [1.54, 1.807) is 23.9 Å². The van der Waals surface area contributed by atoms with Crippen molar-refractivity contribution in [2.75, 3.05) is 0 Å². The van der Waals surface area contributed by atoms with E-state index in [9.17, 15) is 0 Å². The Kier molecular flexibility index (Phi) is 3.14. The minimum atomic E-state index is -0.333. The molecule has 0 aliphatic rings. The lowest BCUT2D eigenvalue weighted by Gasteiger charge is -2.03. The Hall–Kier alpha value is -1.99. The van der Waals surface area contributed by atoms with Gasteiger partial charge in [-0.2, -0.15) is 16.3 Å². The van der Waals surface area contributed by atoms with Gasteiger partial charge in [-0.1, -0.05) is 5.16 Å². The van der Waals surface area contributed by atoms with Crippen LogP contribution < -0.4 is 5.73 Å². The fourth-order valence-electron chi connectivity index (χ4n) is 1.81. The van der Waals surface area contributed by atoms with Crippen LogP contribution in [0.1, 0.15) is 23.2 Å². The second-order valence-corrected chi connectivity index (χ2v) is 5.06. The number of aromatic amines is 1. The Morgan fingerprint density at radius 2 is 2.37 bits per heavy atom. The lowest BCUT2D eigenvalue weighted by atomic mass is 10.2. The van der Waals surface area contributed by atoms with Gasteiger partial charge in [0.25, 0.3) is 0 Å². The van der Waals surface area contributed by atoms with Gasteiger partial charge in [-0.25, -0.2) is 4.98 Å². The lowest BCUT2D eigenvalue weighted by Crippen LogP contribution is -2.13. The fraction of sp³-hybridized carbons (Fsp3) is 0.250. The number of thiophene rings is 1. The number of aromatic nitrogens is 4. The van der Waals surface area contributed by atoms with Gasteiger partial charge in [0.15, 0.2) is 0 Å². The summed E-state index contributed by atoms with van der Waals surface area (Å²) in [4.78, 5) is 11.3. The number of hydrogen-bond donors (Lipinski definition) is 2. The number of H-pyrrole nitrogens is 1. The van der Waals surface area contributed by atoms with Gasteiger partial charge in [0.2, 0.25) is 11.7 Å². The van der Waals surface area contributed by atoms with E-state index in [1.807, 2.05) is 12.3 Å². The molecule has 1 atom stereocenters. The zero-order valence-corrected chi connectivity index (χ0v) is 11.1. The first kappa shape index (κ1) is 12.1. The van der Waals surface area contributed by atoms with Crippen molar-refractivity contribution in [1.82, 2.24) is 20.1 Å². The average molecular weight is 275 g/mol. The normalized spacial score (nSPS) is 12.7. The Bertz CT molecular complexity index is 657. The van der Waals surface area contributed by atoms with Crippen molar-refractivity contribution in [3.63, 3.8) is 0 Å². The molecule has 0 aromatic carbocycles. The second-order valence-electron chi connectivity index (χ2n) is 4.31. The number of rotatable bonds is 4. The standard InChI is InChI=1S/C12H13N5OS/c1-7-4-19-5-9(7)11-16-12(18-17-11)10(13)2-8-3-14-6-15-8/h3-6,10H,2,13H2,1H3,(H,14,15). The molecule has 0 fully saturated rings. The van der Waals surface area contributed by atoms with E-state index in [0.29, 0.717) is 18.1 Å². The molecule has 0 aliphatic heterocycles. The van der Waals surface area contributed by atoms with Crippen molar-refractivity contribution in [2.45, 2.75) is 19.4 Å². The Balaban J connectivity index is 1.79. The smallest absolute Gasteiger partial charge is 0.244 e. The van der Waals surface area contributed by atoms with Crippen LogP contribution in [0.4, 0.5) is 0 Å². The van der Waals surface area contributed by atoms with Crippen LogP contribution in [0.15, 0.2) is 27.8 Å². The van der Waals surface area contributed by atoms with Crippen LogP contribution >= 0.6 is 11.3 Å². The van der Waals surface area contributed by atoms with Gasteiger partial charge in [0.05, 0.1) is 12.4 Å². The van der Waals surface area contributed by atoms with Gasteiger partial charge < -0.3 is 15.2 Å². The summed E-state index contributed by atoms with van der Waals surface area (Å²) in [5.41, 5.74) is 9.13. The predicted molar refractivity (Wildman–Crippen MR) is 71.6 cm³/mol. The zero-order valence-electron chi connectivity index (χ0n) is 10.3. The van der Waals surface area contributed by atoms with Gasteiger partial charge in [0, 0.05) is 29.3 Å². The highest BCUT2D eigenvalue weighted by atomic mass is 32.1. The van der Waals surface area contributed by atoms with Crippen molar-refractivity contribution in [2.24, 2.45) is 5.73 Å². The molecule has 0 saturated heterocycles. The van der Waals surface area contributed by atoms with Crippen LogP contribution in [0.3, 0.4) is 0 Å². The minimum absolute atomic E-state index is 0.333. The number of hydrogen-bond acceptors (Lipinski definition) is 6. The molecule has 3 rings (SSSR count). The first-order valence-electron chi connectivity index (χ1n) is 5.83. The maximum Gasteiger partial charge on any atom is 0.244 e. The molecule has 0 amide bonds. The zero-order chi connectivity index (χ0) is 13.2. The summed E-state index contributed by atoms with van der Waals surface area (Å²) < 4.78 is 5.24. The third-order valence-corrected chi connectivity index (χ3v) is 3.71. The highest BCUT2D eigenvalue weighted by molar-refractivity contribution is 7.08. The summed E-state index contributed by atoms with van der Waals surface area (Å²) >= 11 is 1.62. The molecule has 3 aromatic rings. The summed E-state index contributed by atoms with van der Waals surface area (Å²) in [5.74, 6) is 1.03. The average Bonchev–Trinajstić information content (AvgIpc) is 3.08. The van der Waals surface area contributed by atoms with Crippen LogP contribution in [-0.4, -0.2) is 20.1 Å². The van der Waals surface area contributed by atoms with Gasteiger partial charge in [0.1, 0.15) is 0 Å². The maximum atomic E-state index is 6.05. The monoisotopic (exact) mass is 275 g/mol. The number of nitrogens with one attached hydrogen (secondary N) is 1. The van der Waals surface area contributed by atoms with E-state index in [0.717, 1.165) is 16.8 Å².